The molecule has 0 atom stereocenters. The van der Waals surface area contributed by atoms with Gasteiger partial charge in [-0.25, -0.2) is 9.18 Å². The minimum atomic E-state index is -4.85. The Hall–Kier alpha value is -2.77. The molecule has 1 amide bonds. The Balaban J connectivity index is 1.95. The van der Waals surface area contributed by atoms with E-state index in [-0.39, 0.29) is 43.0 Å². The lowest BCUT2D eigenvalue weighted by Gasteiger charge is -2.32. The zero-order valence-electron chi connectivity index (χ0n) is 17.0. The van der Waals surface area contributed by atoms with Gasteiger partial charge in [0.1, 0.15) is 23.8 Å². The van der Waals surface area contributed by atoms with Crippen LogP contribution in [0.1, 0.15) is 43.0 Å². The first-order valence-corrected chi connectivity index (χ1v) is 9.52. The van der Waals surface area contributed by atoms with Crippen molar-refractivity contribution in [3.05, 3.63) is 64.5 Å². The quantitative estimate of drug-likeness (QED) is 0.591. The number of nitrogens with zero attached hydrogens (tertiary/aromatic N) is 1. The van der Waals surface area contributed by atoms with Crippen molar-refractivity contribution < 1.29 is 31.8 Å². The highest BCUT2D eigenvalue weighted by Crippen LogP contribution is 2.40. The van der Waals surface area contributed by atoms with Gasteiger partial charge in [-0.2, -0.15) is 13.2 Å². The van der Waals surface area contributed by atoms with Crippen molar-refractivity contribution in [3.8, 4) is 5.75 Å². The van der Waals surface area contributed by atoms with Crippen LogP contribution in [0.2, 0.25) is 0 Å². The number of halogens is 4. The molecule has 0 fully saturated rings. The van der Waals surface area contributed by atoms with E-state index in [1.54, 1.807) is 45.0 Å². The summed E-state index contributed by atoms with van der Waals surface area (Å²) in [7, 11) is 0. The van der Waals surface area contributed by atoms with Crippen molar-refractivity contribution in [1.29, 1.82) is 0 Å². The highest BCUT2D eigenvalue weighted by molar-refractivity contribution is 5.69. The van der Waals surface area contributed by atoms with E-state index >= 15 is 0 Å². The number of ether oxygens (including phenoxy) is 2. The second kappa shape index (κ2) is 8.16. The lowest BCUT2D eigenvalue weighted by Crippen LogP contribution is -2.40. The van der Waals surface area contributed by atoms with Crippen molar-refractivity contribution in [1.82, 2.24) is 4.90 Å². The summed E-state index contributed by atoms with van der Waals surface area (Å²) in [5.41, 5.74) is -1.18. The molecule has 30 heavy (non-hydrogen) atoms. The summed E-state index contributed by atoms with van der Waals surface area (Å²) in [6.07, 6.45) is -5.53. The molecule has 2 aromatic rings. The molecule has 8 heteroatoms. The highest BCUT2D eigenvalue weighted by atomic mass is 19.4. The van der Waals surface area contributed by atoms with E-state index in [0.29, 0.717) is 6.07 Å². The first-order chi connectivity index (χ1) is 14.0. The van der Waals surface area contributed by atoms with Crippen molar-refractivity contribution >= 4 is 6.09 Å². The maximum absolute atomic E-state index is 14.7. The molecule has 0 N–H and O–H groups in total. The summed E-state index contributed by atoms with van der Waals surface area (Å²) in [6.45, 7) is 5.12. The molecule has 0 saturated heterocycles. The molecule has 0 radical (unpaired) electrons. The summed E-state index contributed by atoms with van der Waals surface area (Å²) in [5.74, 6) is -1.40. The average molecular weight is 425 g/mol. The molecular formula is C22H23F4NO3. The summed E-state index contributed by atoms with van der Waals surface area (Å²) in [4.78, 5) is 13.8. The number of hydrogen-bond donors (Lipinski definition) is 0. The zero-order valence-corrected chi connectivity index (χ0v) is 17.0. The predicted octanol–water partition coefficient (Wildman–Crippen LogP) is 5.72. The van der Waals surface area contributed by atoms with Gasteiger partial charge in [-0.15, -0.1) is 0 Å². The zero-order chi connectivity index (χ0) is 22.1. The van der Waals surface area contributed by atoms with Crippen molar-refractivity contribution in [2.75, 3.05) is 6.54 Å². The predicted molar refractivity (Wildman–Crippen MR) is 103 cm³/mol. The van der Waals surface area contributed by atoms with Crippen molar-refractivity contribution in [2.24, 2.45) is 0 Å². The van der Waals surface area contributed by atoms with Gasteiger partial charge in [0.2, 0.25) is 0 Å². The molecule has 0 bridgehead atoms. The number of alkyl halides is 3. The minimum absolute atomic E-state index is 0.0165. The van der Waals surface area contributed by atoms with Gasteiger partial charge in [0.25, 0.3) is 0 Å². The van der Waals surface area contributed by atoms with Crippen LogP contribution in [0, 0.1) is 5.82 Å². The first kappa shape index (κ1) is 21.9. The van der Waals surface area contributed by atoms with E-state index < -0.39 is 29.3 Å². The average Bonchev–Trinajstić information content (AvgIpc) is 2.65. The number of carbonyl (C=O) groups is 1. The summed E-state index contributed by atoms with van der Waals surface area (Å²) in [6, 6.07) is 9.59. The van der Waals surface area contributed by atoms with Crippen molar-refractivity contribution in [3.63, 3.8) is 0 Å². The molecule has 0 aromatic heterocycles. The van der Waals surface area contributed by atoms with Gasteiger partial charge < -0.3 is 14.4 Å². The summed E-state index contributed by atoms with van der Waals surface area (Å²) in [5, 5.41) is 0. The Morgan fingerprint density at radius 2 is 1.77 bits per heavy atom. The topological polar surface area (TPSA) is 38.8 Å². The van der Waals surface area contributed by atoms with Gasteiger partial charge in [0.05, 0.1) is 12.1 Å². The minimum Gasteiger partial charge on any atom is -0.489 e. The third-order valence-corrected chi connectivity index (χ3v) is 4.61. The van der Waals surface area contributed by atoms with Gasteiger partial charge in [-0.1, -0.05) is 30.3 Å². The number of amides is 1. The van der Waals surface area contributed by atoms with Crippen LogP contribution in [0.4, 0.5) is 22.4 Å². The van der Waals surface area contributed by atoms with Crippen LogP contribution in [-0.2, 0) is 30.5 Å². The normalized spacial score (nSPS) is 14.3. The third-order valence-electron chi connectivity index (χ3n) is 4.61. The molecule has 162 valence electrons. The van der Waals surface area contributed by atoms with E-state index in [1.165, 1.54) is 4.90 Å². The largest absolute Gasteiger partial charge is 0.489 e. The fourth-order valence-electron chi connectivity index (χ4n) is 3.23. The smallest absolute Gasteiger partial charge is 0.419 e. The monoisotopic (exact) mass is 425 g/mol. The van der Waals surface area contributed by atoms with Gasteiger partial charge in [-0.3, -0.25) is 0 Å². The Morgan fingerprint density at radius 1 is 1.10 bits per heavy atom. The number of rotatable bonds is 3. The lowest BCUT2D eigenvalue weighted by molar-refractivity contribution is -0.140. The van der Waals surface area contributed by atoms with Crippen LogP contribution >= 0.6 is 0 Å². The molecule has 0 aliphatic carbocycles. The number of carbonyl (C=O) groups excluding carboxylic acids is 1. The molecule has 4 nitrogen and oxygen atoms in total. The maximum Gasteiger partial charge on any atom is 0.419 e. The first-order valence-electron chi connectivity index (χ1n) is 9.52. The molecule has 1 aliphatic heterocycles. The second-order valence-electron chi connectivity index (χ2n) is 8.12. The number of hydrogen-bond acceptors (Lipinski definition) is 3. The van der Waals surface area contributed by atoms with Crippen LogP contribution in [0.5, 0.6) is 5.75 Å². The van der Waals surface area contributed by atoms with Gasteiger partial charge in [0, 0.05) is 12.1 Å². The Kier molecular flexibility index (Phi) is 5.97. The van der Waals surface area contributed by atoms with E-state index in [4.69, 9.17) is 9.47 Å². The van der Waals surface area contributed by atoms with E-state index in [2.05, 4.69) is 0 Å². The Labute approximate surface area is 172 Å². The highest BCUT2D eigenvalue weighted by Gasteiger charge is 2.39. The van der Waals surface area contributed by atoms with E-state index in [1.807, 2.05) is 6.07 Å². The summed E-state index contributed by atoms with van der Waals surface area (Å²) < 4.78 is 65.8. The lowest BCUT2D eigenvalue weighted by atomic mass is 9.95. The molecule has 1 aliphatic rings. The molecular weight excluding hydrogens is 402 g/mol. The van der Waals surface area contributed by atoms with Crippen LogP contribution in [0.15, 0.2) is 36.4 Å². The molecule has 2 aromatic carbocycles. The molecule has 0 spiro atoms. The fourth-order valence-corrected chi connectivity index (χ4v) is 3.23. The van der Waals surface area contributed by atoms with Crippen LogP contribution in [-0.4, -0.2) is 23.1 Å². The van der Waals surface area contributed by atoms with Crippen molar-refractivity contribution in [2.45, 2.75) is 52.1 Å². The van der Waals surface area contributed by atoms with Gasteiger partial charge in [-0.05, 0) is 44.4 Å². The Morgan fingerprint density at radius 3 is 2.37 bits per heavy atom. The molecule has 3 rings (SSSR count). The standard InChI is InChI=1S/C22H23F4NO3/c1-21(2,3)30-20(28)27-10-9-15-16(12-27)18(11-17(19(15)23)22(24,25)26)29-13-14-7-5-4-6-8-14/h4-8,11H,9-10,12-13H2,1-3H3. The fraction of sp³-hybridized carbons (Fsp3) is 0.409. The molecule has 0 saturated carbocycles. The SMILES string of the molecule is CC(C)(C)OC(=O)N1CCc2c(F)c(C(F)(F)F)cc(OCc3ccccc3)c2C1. The van der Waals surface area contributed by atoms with Crippen LogP contribution in [0.25, 0.3) is 0 Å². The van der Waals surface area contributed by atoms with E-state index in [9.17, 15) is 22.4 Å². The van der Waals surface area contributed by atoms with Crippen LogP contribution in [0.3, 0.4) is 0 Å². The van der Waals surface area contributed by atoms with Gasteiger partial charge in [0.15, 0.2) is 0 Å². The Bertz CT molecular complexity index is 921. The summed E-state index contributed by atoms with van der Waals surface area (Å²) >= 11 is 0. The van der Waals surface area contributed by atoms with E-state index in [0.717, 1.165) is 5.56 Å². The molecule has 1 heterocycles. The third kappa shape index (κ3) is 5.04. The maximum atomic E-state index is 14.7. The second-order valence-corrected chi connectivity index (χ2v) is 8.12. The number of benzene rings is 2. The van der Waals surface area contributed by atoms with Gasteiger partial charge >= 0.3 is 12.3 Å². The molecule has 0 unspecified atom stereocenters. The van der Waals surface area contributed by atoms with Crippen LogP contribution < -0.4 is 4.74 Å². The number of fused-ring (bicyclic) bond motifs is 1.